The van der Waals surface area contributed by atoms with E-state index in [1.54, 1.807) is 0 Å². The van der Waals surface area contributed by atoms with Gasteiger partial charge in [-0.2, -0.15) is 0 Å². The number of benzene rings is 2. The molecule has 0 saturated carbocycles. The third-order valence-electron chi connectivity index (χ3n) is 7.42. The summed E-state index contributed by atoms with van der Waals surface area (Å²) in [5.74, 6) is 2.16. The van der Waals surface area contributed by atoms with Gasteiger partial charge >= 0.3 is 0 Å². The number of phenolic OH excluding ortho intramolecular Hbond substituents is 2. The third-order valence-corrected chi connectivity index (χ3v) is 7.42. The van der Waals surface area contributed by atoms with Gasteiger partial charge in [0.1, 0.15) is 29.1 Å². The Kier molecular flexibility index (Phi) is 9.77. The summed E-state index contributed by atoms with van der Waals surface area (Å²) >= 11 is 0. The Balaban J connectivity index is 1.59. The number of rotatable bonds is 13. The summed E-state index contributed by atoms with van der Waals surface area (Å²) in [5, 5.41) is 20.7. The van der Waals surface area contributed by atoms with E-state index in [1.165, 1.54) is 57.8 Å². The molecule has 0 amide bonds. The molecule has 2 N–H and O–H groups in total. The lowest BCUT2D eigenvalue weighted by molar-refractivity contribution is 0.130. The van der Waals surface area contributed by atoms with Crippen molar-refractivity contribution in [2.45, 2.75) is 117 Å². The summed E-state index contributed by atoms with van der Waals surface area (Å²) in [7, 11) is 0. The van der Waals surface area contributed by atoms with Gasteiger partial charge in [0.15, 0.2) is 0 Å². The minimum atomic E-state index is -0.226. The van der Waals surface area contributed by atoms with Crippen molar-refractivity contribution in [3.63, 3.8) is 0 Å². The second-order valence-corrected chi connectivity index (χ2v) is 11.0. The molecule has 0 fully saturated rings. The molecule has 2 aromatic rings. The summed E-state index contributed by atoms with van der Waals surface area (Å²) in [4.78, 5) is 0. The third kappa shape index (κ3) is 7.32. The van der Waals surface area contributed by atoms with Crippen LogP contribution < -0.4 is 9.47 Å². The maximum Gasteiger partial charge on any atom is 0.128 e. The molecule has 2 aromatic carbocycles. The summed E-state index contributed by atoms with van der Waals surface area (Å²) in [6.07, 6.45) is 13.5. The molecular weight excluding hydrogens is 436 g/mol. The Morgan fingerprint density at radius 3 is 2.06 bits per heavy atom. The summed E-state index contributed by atoms with van der Waals surface area (Å²) in [6, 6.07) is 7.49. The topological polar surface area (TPSA) is 58.9 Å². The zero-order valence-electron chi connectivity index (χ0n) is 22.6. The van der Waals surface area contributed by atoms with Crippen molar-refractivity contribution in [1.29, 1.82) is 0 Å². The highest BCUT2D eigenvalue weighted by molar-refractivity contribution is 5.52. The lowest BCUT2D eigenvalue weighted by Gasteiger charge is -2.38. The number of hydrogen-bond acceptors (Lipinski definition) is 4. The highest BCUT2D eigenvalue weighted by Crippen LogP contribution is 2.49. The molecule has 1 aliphatic heterocycles. The molecule has 0 bridgehead atoms. The van der Waals surface area contributed by atoms with Crippen LogP contribution in [0.1, 0.15) is 120 Å². The van der Waals surface area contributed by atoms with Crippen molar-refractivity contribution in [3.05, 3.63) is 46.5 Å². The molecule has 3 rings (SSSR count). The van der Waals surface area contributed by atoms with Gasteiger partial charge in [-0.25, -0.2) is 0 Å². The number of aromatic hydroxyl groups is 2. The van der Waals surface area contributed by atoms with E-state index in [0.29, 0.717) is 12.4 Å². The van der Waals surface area contributed by atoms with Gasteiger partial charge in [-0.15, -0.1) is 0 Å². The van der Waals surface area contributed by atoms with E-state index in [4.69, 9.17) is 9.47 Å². The molecule has 1 unspecified atom stereocenters. The van der Waals surface area contributed by atoms with E-state index in [9.17, 15) is 10.2 Å². The molecular formula is C31H46O4. The Hall–Kier alpha value is -2.36. The first kappa shape index (κ1) is 27.2. The molecule has 0 saturated heterocycles. The number of phenols is 2. The van der Waals surface area contributed by atoms with Crippen LogP contribution >= 0.6 is 0 Å². The van der Waals surface area contributed by atoms with Crippen LogP contribution in [0.25, 0.3) is 0 Å². The van der Waals surface area contributed by atoms with Gasteiger partial charge in [0.05, 0.1) is 6.61 Å². The van der Waals surface area contributed by atoms with Crippen LogP contribution in [0.2, 0.25) is 0 Å². The van der Waals surface area contributed by atoms with Crippen LogP contribution in [-0.2, 0) is 5.41 Å². The molecule has 1 aliphatic rings. The van der Waals surface area contributed by atoms with Gasteiger partial charge in [-0.3, -0.25) is 0 Å². The molecule has 0 radical (unpaired) electrons. The number of fused-ring (bicyclic) bond motifs is 1. The van der Waals surface area contributed by atoms with Gasteiger partial charge in [-0.1, -0.05) is 78.6 Å². The maximum absolute atomic E-state index is 10.5. The van der Waals surface area contributed by atoms with Gasteiger partial charge in [0.2, 0.25) is 0 Å². The number of aryl methyl sites for hydroxylation is 2. The van der Waals surface area contributed by atoms with E-state index in [1.807, 2.05) is 38.1 Å². The standard InChI is InChI=1S/C31H46O4/c1-6-7-8-9-10-11-12-13-14-15-16-34-28-17-22(2)26(32)19-24(28)30-21-31(4,5)25-20-27(33)23(3)18-29(25)35-30/h17-20,30,32-33H,6-16,21H2,1-5H3. The Morgan fingerprint density at radius 1 is 0.829 bits per heavy atom. The van der Waals surface area contributed by atoms with Gasteiger partial charge in [-0.05, 0) is 67.5 Å². The Morgan fingerprint density at radius 2 is 1.40 bits per heavy atom. The first-order valence-corrected chi connectivity index (χ1v) is 13.7. The second-order valence-electron chi connectivity index (χ2n) is 11.0. The normalized spacial score (nSPS) is 16.5. The number of hydrogen-bond donors (Lipinski definition) is 2. The van der Waals surface area contributed by atoms with E-state index in [0.717, 1.165) is 46.6 Å². The van der Waals surface area contributed by atoms with Gasteiger partial charge in [0, 0.05) is 11.1 Å². The first-order chi connectivity index (χ1) is 16.7. The second kappa shape index (κ2) is 12.6. The van der Waals surface area contributed by atoms with E-state index >= 15 is 0 Å². The summed E-state index contributed by atoms with van der Waals surface area (Å²) < 4.78 is 12.7. The first-order valence-electron chi connectivity index (χ1n) is 13.7. The largest absolute Gasteiger partial charge is 0.508 e. The van der Waals surface area contributed by atoms with E-state index < -0.39 is 0 Å². The van der Waals surface area contributed by atoms with Crippen molar-refractivity contribution in [1.82, 2.24) is 0 Å². The van der Waals surface area contributed by atoms with Crippen LogP contribution in [0.15, 0.2) is 24.3 Å². The predicted molar refractivity (Wildman–Crippen MR) is 144 cm³/mol. The molecule has 0 spiro atoms. The fourth-order valence-corrected chi connectivity index (χ4v) is 5.07. The van der Waals surface area contributed by atoms with Crippen LogP contribution in [-0.4, -0.2) is 16.8 Å². The van der Waals surface area contributed by atoms with Crippen molar-refractivity contribution < 1.29 is 19.7 Å². The summed E-state index contributed by atoms with van der Waals surface area (Å²) in [5.41, 5.74) is 3.33. The predicted octanol–water partition coefficient (Wildman–Crippen LogP) is 8.82. The monoisotopic (exact) mass is 482 g/mol. The smallest absolute Gasteiger partial charge is 0.128 e. The fourth-order valence-electron chi connectivity index (χ4n) is 5.07. The van der Waals surface area contributed by atoms with Gasteiger partial charge < -0.3 is 19.7 Å². The SMILES string of the molecule is CCCCCCCCCCCCOc1cc(C)c(O)cc1C1CC(C)(C)c2cc(O)c(C)cc2O1. The zero-order chi connectivity index (χ0) is 25.4. The quantitative estimate of drug-likeness (QED) is 0.280. The lowest BCUT2D eigenvalue weighted by atomic mass is 9.75. The van der Waals surface area contributed by atoms with E-state index in [-0.39, 0.29) is 17.3 Å². The Labute approximate surface area is 212 Å². The van der Waals surface area contributed by atoms with Crippen molar-refractivity contribution in [2.24, 2.45) is 0 Å². The molecule has 194 valence electrons. The lowest BCUT2D eigenvalue weighted by Crippen LogP contribution is -2.29. The highest BCUT2D eigenvalue weighted by atomic mass is 16.5. The van der Waals surface area contributed by atoms with E-state index in [2.05, 4.69) is 20.8 Å². The Bertz CT molecular complexity index is 963. The van der Waals surface area contributed by atoms with Crippen LogP contribution in [0, 0.1) is 13.8 Å². The average Bonchev–Trinajstić information content (AvgIpc) is 2.80. The molecule has 4 nitrogen and oxygen atoms in total. The molecule has 1 atom stereocenters. The fraction of sp³-hybridized carbons (Fsp3) is 0.613. The van der Waals surface area contributed by atoms with Crippen LogP contribution in [0.4, 0.5) is 0 Å². The summed E-state index contributed by atoms with van der Waals surface area (Å²) in [6.45, 7) is 11.1. The van der Waals surface area contributed by atoms with Crippen LogP contribution in [0.5, 0.6) is 23.0 Å². The molecule has 1 heterocycles. The average molecular weight is 483 g/mol. The minimum Gasteiger partial charge on any atom is -0.508 e. The zero-order valence-corrected chi connectivity index (χ0v) is 22.6. The van der Waals surface area contributed by atoms with Crippen molar-refractivity contribution >= 4 is 0 Å². The molecule has 0 aromatic heterocycles. The number of unbranched alkanes of at least 4 members (excludes halogenated alkanes) is 9. The number of ether oxygens (including phenoxy) is 2. The maximum atomic E-state index is 10.5. The highest BCUT2D eigenvalue weighted by Gasteiger charge is 2.37. The van der Waals surface area contributed by atoms with Crippen molar-refractivity contribution in [2.75, 3.05) is 6.61 Å². The van der Waals surface area contributed by atoms with Crippen LogP contribution in [0.3, 0.4) is 0 Å². The van der Waals surface area contributed by atoms with Crippen molar-refractivity contribution in [3.8, 4) is 23.0 Å². The van der Waals surface area contributed by atoms with Gasteiger partial charge in [0.25, 0.3) is 0 Å². The molecule has 4 heteroatoms. The molecule has 0 aliphatic carbocycles. The molecule has 35 heavy (non-hydrogen) atoms. The minimum absolute atomic E-state index is 0.183.